The summed E-state index contributed by atoms with van der Waals surface area (Å²) < 4.78 is 53.2. The fraction of sp³-hybridized carbons (Fsp3) is 0.150. The van der Waals surface area contributed by atoms with Gasteiger partial charge in [-0.05, 0) is 24.3 Å². The monoisotopic (exact) mass is 479 g/mol. The Balaban J connectivity index is 1.56. The minimum atomic E-state index is -4.68. The zero-order valence-corrected chi connectivity index (χ0v) is 17.5. The van der Waals surface area contributed by atoms with E-state index in [0.29, 0.717) is 6.07 Å². The van der Waals surface area contributed by atoms with E-state index in [1.54, 1.807) is 0 Å². The highest BCUT2D eigenvalue weighted by Gasteiger charge is 2.31. The number of carbonyl (C=O) groups excluding carboxylic acids is 1. The molecule has 0 aliphatic heterocycles. The number of anilines is 1. The molecular formula is C20H13F4N5O3S. The van der Waals surface area contributed by atoms with E-state index < -0.39 is 34.7 Å². The van der Waals surface area contributed by atoms with Crippen LogP contribution in [0.15, 0.2) is 45.4 Å². The molecule has 2 N–H and O–H groups in total. The van der Waals surface area contributed by atoms with Gasteiger partial charge in [-0.1, -0.05) is 0 Å². The largest absolute Gasteiger partial charge is 0.416 e. The number of alkyl halides is 3. The number of benzene rings is 1. The van der Waals surface area contributed by atoms with Crippen LogP contribution in [0.3, 0.4) is 0 Å². The Labute approximate surface area is 185 Å². The van der Waals surface area contributed by atoms with Gasteiger partial charge in [0.2, 0.25) is 5.91 Å². The molecule has 8 nitrogen and oxygen atoms in total. The molecule has 4 rings (SSSR count). The third-order valence-corrected chi connectivity index (χ3v) is 5.50. The Kier molecular flexibility index (Phi) is 5.57. The number of rotatable bonds is 4. The molecule has 0 aliphatic carbocycles. The molecule has 0 saturated heterocycles. The van der Waals surface area contributed by atoms with Crippen LogP contribution in [-0.2, 0) is 24.4 Å². The molecule has 13 heteroatoms. The van der Waals surface area contributed by atoms with Gasteiger partial charge >= 0.3 is 11.9 Å². The van der Waals surface area contributed by atoms with Gasteiger partial charge in [0.05, 0.1) is 34.3 Å². The van der Waals surface area contributed by atoms with Crippen molar-refractivity contribution in [3.8, 4) is 11.3 Å². The first-order valence-electron chi connectivity index (χ1n) is 9.24. The third-order valence-electron chi connectivity index (χ3n) is 4.75. The van der Waals surface area contributed by atoms with Crippen molar-refractivity contribution in [2.75, 3.05) is 5.32 Å². The van der Waals surface area contributed by atoms with Crippen LogP contribution < -0.4 is 16.6 Å². The van der Waals surface area contributed by atoms with Crippen molar-refractivity contribution in [3.05, 3.63) is 73.8 Å². The number of pyridine rings is 1. The third kappa shape index (κ3) is 4.39. The maximum atomic E-state index is 14.2. The Bertz CT molecular complexity index is 1510. The standard InChI is InChI=1S/C20H13F4N5O3S/c1-29-17(31)16-12(27-19(29)32)4-5-25-13(16)7-15(30)28-18-26-14(8-33-18)10-3-2-9(6-11(10)21)20(22,23)24/h2-6,8H,7H2,1H3,(H,27,32)(H,26,28,30). The molecule has 0 unspecified atom stereocenters. The van der Waals surface area contributed by atoms with Crippen molar-refractivity contribution in [2.24, 2.45) is 7.05 Å². The molecule has 0 aliphatic rings. The predicted octanol–water partition coefficient (Wildman–Crippen LogP) is 3.08. The number of hydrogen-bond donors (Lipinski definition) is 2. The lowest BCUT2D eigenvalue weighted by molar-refractivity contribution is -0.137. The Morgan fingerprint density at radius 3 is 2.70 bits per heavy atom. The maximum Gasteiger partial charge on any atom is 0.416 e. The van der Waals surface area contributed by atoms with Crippen molar-refractivity contribution < 1.29 is 22.4 Å². The van der Waals surface area contributed by atoms with Crippen LogP contribution in [0.4, 0.5) is 22.7 Å². The smallest absolute Gasteiger partial charge is 0.307 e. The molecule has 0 fully saturated rings. The van der Waals surface area contributed by atoms with Crippen LogP contribution in [0.2, 0.25) is 0 Å². The van der Waals surface area contributed by atoms with E-state index in [9.17, 15) is 31.9 Å². The molecule has 1 aromatic carbocycles. The minimum absolute atomic E-state index is 0.0521. The van der Waals surface area contributed by atoms with E-state index in [2.05, 4.69) is 20.3 Å². The summed E-state index contributed by atoms with van der Waals surface area (Å²) in [7, 11) is 1.29. The molecule has 0 atom stereocenters. The SMILES string of the molecule is Cn1c(=O)[nH]c2ccnc(CC(=O)Nc3nc(-c4ccc(C(F)(F)F)cc4F)cs3)c2c1=O. The average molecular weight is 479 g/mol. The summed E-state index contributed by atoms with van der Waals surface area (Å²) in [4.78, 5) is 47.3. The number of carbonyl (C=O) groups is 1. The average Bonchev–Trinajstić information content (AvgIpc) is 3.19. The number of thiazole rings is 1. The van der Waals surface area contributed by atoms with Crippen LogP contribution in [0, 0.1) is 5.82 Å². The number of aromatic amines is 1. The summed E-state index contributed by atoms with van der Waals surface area (Å²) in [5, 5.41) is 4.04. The lowest BCUT2D eigenvalue weighted by atomic mass is 10.1. The predicted molar refractivity (Wildman–Crippen MR) is 112 cm³/mol. The topological polar surface area (TPSA) is 110 Å². The maximum absolute atomic E-state index is 14.2. The molecule has 170 valence electrons. The van der Waals surface area contributed by atoms with E-state index in [-0.39, 0.29) is 39.4 Å². The first-order valence-corrected chi connectivity index (χ1v) is 10.1. The fourth-order valence-electron chi connectivity index (χ4n) is 3.11. The van der Waals surface area contributed by atoms with Gasteiger partial charge in [-0.2, -0.15) is 13.2 Å². The van der Waals surface area contributed by atoms with Crippen LogP contribution in [0.5, 0.6) is 0 Å². The molecule has 0 bridgehead atoms. The molecular weight excluding hydrogens is 466 g/mol. The van der Waals surface area contributed by atoms with Gasteiger partial charge in [0.1, 0.15) is 5.82 Å². The molecule has 0 spiro atoms. The number of nitrogens with zero attached hydrogens (tertiary/aromatic N) is 3. The number of fused-ring (bicyclic) bond motifs is 1. The molecule has 1 amide bonds. The molecule has 3 heterocycles. The van der Waals surface area contributed by atoms with Gasteiger partial charge in [0.25, 0.3) is 5.56 Å². The first kappa shape index (κ1) is 22.3. The molecule has 33 heavy (non-hydrogen) atoms. The quantitative estimate of drug-likeness (QED) is 0.437. The fourth-order valence-corrected chi connectivity index (χ4v) is 3.84. The van der Waals surface area contributed by atoms with Gasteiger partial charge in [0, 0.05) is 24.2 Å². The summed E-state index contributed by atoms with van der Waals surface area (Å²) in [5.41, 5.74) is -2.08. The van der Waals surface area contributed by atoms with Crippen LogP contribution in [0.1, 0.15) is 11.3 Å². The minimum Gasteiger partial charge on any atom is -0.307 e. The Morgan fingerprint density at radius 1 is 1.24 bits per heavy atom. The highest BCUT2D eigenvalue weighted by Crippen LogP contribution is 2.33. The molecule has 0 saturated carbocycles. The van der Waals surface area contributed by atoms with Gasteiger partial charge in [-0.3, -0.25) is 19.1 Å². The van der Waals surface area contributed by atoms with Gasteiger partial charge in [-0.25, -0.2) is 14.2 Å². The van der Waals surface area contributed by atoms with Crippen molar-refractivity contribution in [2.45, 2.75) is 12.6 Å². The number of hydrogen-bond acceptors (Lipinski definition) is 6. The number of aromatic nitrogens is 4. The highest BCUT2D eigenvalue weighted by atomic mass is 32.1. The van der Waals surface area contributed by atoms with Crippen LogP contribution >= 0.6 is 11.3 Å². The first-order chi connectivity index (χ1) is 15.5. The van der Waals surface area contributed by atoms with E-state index in [4.69, 9.17) is 0 Å². The normalized spacial score (nSPS) is 11.7. The number of H-pyrrole nitrogens is 1. The van der Waals surface area contributed by atoms with Gasteiger partial charge < -0.3 is 10.3 Å². The zero-order chi connectivity index (χ0) is 23.9. The summed E-state index contributed by atoms with van der Waals surface area (Å²) in [6.07, 6.45) is -3.65. The summed E-state index contributed by atoms with van der Waals surface area (Å²) >= 11 is 0.947. The van der Waals surface area contributed by atoms with Crippen molar-refractivity contribution in [1.82, 2.24) is 19.5 Å². The Morgan fingerprint density at radius 2 is 2.00 bits per heavy atom. The van der Waals surface area contributed by atoms with Gasteiger partial charge in [0.15, 0.2) is 5.13 Å². The number of amides is 1. The van der Waals surface area contributed by atoms with E-state index in [1.807, 2.05) is 0 Å². The van der Waals surface area contributed by atoms with Crippen LogP contribution in [-0.4, -0.2) is 25.4 Å². The summed E-state index contributed by atoms with van der Waals surface area (Å²) in [5.74, 6) is -1.69. The second-order valence-electron chi connectivity index (χ2n) is 6.93. The number of nitrogens with one attached hydrogen (secondary N) is 2. The van der Waals surface area contributed by atoms with Crippen molar-refractivity contribution >= 4 is 33.3 Å². The highest BCUT2D eigenvalue weighted by molar-refractivity contribution is 7.14. The van der Waals surface area contributed by atoms with E-state index in [1.165, 1.54) is 24.7 Å². The lowest BCUT2D eigenvalue weighted by Crippen LogP contribution is -2.33. The van der Waals surface area contributed by atoms with Gasteiger partial charge in [-0.15, -0.1) is 11.3 Å². The zero-order valence-electron chi connectivity index (χ0n) is 16.7. The molecule has 3 aromatic heterocycles. The number of halogens is 4. The molecule has 0 radical (unpaired) electrons. The summed E-state index contributed by atoms with van der Waals surface area (Å²) in [6.45, 7) is 0. The van der Waals surface area contributed by atoms with E-state index in [0.717, 1.165) is 28.0 Å². The second-order valence-corrected chi connectivity index (χ2v) is 7.79. The Hall–Kier alpha value is -3.87. The van der Waals surface area contributed by atoms with Crippen molar-refractivity contribution in [1.29, 1.82) is 0 Å². The molecule has 4 aromatic rings. The second kappa shape index (κ2) is 8.24. The lowest BCUT2D eigenvalue weighted by Gasteiger charge is -2.08. The van der Waals surface area contributed by atoms with Crippen molar-refractivity contribution in [3.63, 3.8) is 0 Å². The van der Waals surface area contributed by atoms with E-state index >= 15 is 0 Å². The summed E-state index contributed by atoms with van der Waals surface area (Å²) in [6, 6.07) is 3.53. The van der Waals surface area contributed by atoms with Crippen LogP contribution in [0.25, 0.3) is 22.2 Å².